The number of aliphatic imine (C=N–C) groups is 1. The van der Waals surface area contributed by atoms with Crippen LogP contribution in [0.5, 0.6) is 0 Å². The maximum Gasteiger partial charge on any atom is 0.307 e. The Morgan fingerprint density at radius 3 is 2.51 bits per heavy atom. The molecule has 3 aromatic carbocycles. The summed E-state index contributed by atoms with van der Waals surface area (Å²) in [6, 6.07) is 24.8. The van der Waals surface area contributed by atoms with Crippen molar-refractivity contribution in [3.63, 3.8) is 0 Å². The smallest absolute Gasteiger partial charge is 0.307 e. The number of rotatable bonds is 10. The third-order valence-electron chi connectivity index (χ3n) is 6.90. The fraction of sp³-hybridized carbons (Fsp3) is 0.182. The number of nitrogens with zero attached hydrogens (tertiary/aromatic N) is 4. The van der Waals surface area contributed by atoms with E-state index in [1.807, 2.05) is 53.1 Å². The lowest BCUT2D eigenvalue weighted by molar-refractivity contribution is -0.136. The van der Waals surface area contributed by atoms with Crippen molar-refractivity contribution in [3.05, 3.63) is 111 Å². The third kappa shape index (κ3) is 7.23. The number of nitrogens with one attached hydrogen (secondary N) is 1. The average Bonchev–Trinajstić information content (AvgIpc) is 3.50. The SMILES string of the molecule is CCCCc1nc(Cl)c(C=C2SC(Nc3ccc(CC(=O)O)cc3)=NC2=O)n1Cc1ccc(-c2ccccc2C#N)cc1. The zero-order chi connectivity index (χ0) is 30.3. The first kappa shape index (κ1) is 29.8. The maximum atomic E-state index is 12.9. The second kappa shape index (κ2) is 13.6. The van der Waals surface area contributed by atoms with Crippen LogP contribution in [-0.4, -0.2) is 31.7 Å². The molecule has 1 amide bonds. The van der Waals surface area contributed by atoms with Gasteiger partial charge in [0.1, 0.15) is 5.82 Å². The van der Waals surface area contributed by atoms with E-state index in [9.17, 15) is 14.9 Å². The number of hydrogen-bond acceptors (Lipinski definition) is 6. The number of hydrogen-bond donors (Lipinski definition) is 2. The first-order valence-corrected chi connectivity index (χ1v) is 15.0. The van der Waals surface area contributed by atoms with Crippen LogP contribution in [-0.2, 0) is 29.0 Å². The molecule has 2 heterocycles. The van der Waals surface area contributed by atoms with Gasteiger partial charge in [0, 0.05) is 18.7 Å². The molecule has 0 saturated carbocycles. The van der Waals surface area contributed by atoms with Crippen molar-refractivity contribution >= 4 is 52.2 Å². The van der Waals surface area contributed by atoms with Crippen LogP contribution in [0.3, 0.4) is 0 Å². The summed E-state index contributed by atoms with van der Waals surface area (Å²) in [5.74, 6) is -0.436. The highest BCUT2D eigenvalue weighted by atomic mass is 35.5. The molecule has 8 nitrogen and oxygen atoms in total. The third-order valence-corrected chi connectivity index (χ3v) is 8.07. The van der Waals surface area contributed by atoms with Crippen LogP contribution < -0.4 is 5.32 Å². The van der Waals surface area contributed by atoms with Crippen LogP contribution in [0.4, 0.5) is 5.69 Å². The molecule has 1 aliphatic rings. The number of carboxylic acids is 1. The Labute approximate surface area is 258 Å². The molecule has 5 rings (SSSR count). The number of anilines is 1. The van der Waals surface area contributed by atoms with Gasteiger partial charge < -0.3 is 15.0 Å². The summed E-state index contributed by atoms with van der Waals surface area (Å²) in [6.45, 7) is 2.63. The number of amides is 1. The van der Waals surface area contributed by atoms with E-state index in [0.717, 1.165) is 41.8 Å². The fourth-order valence-electron chi connectivity index (χ4n) is 4.72. The standard InChI is InChI=1S/C33H28ClN5O3S/c1-2-3-8-29-37-31(34)27(39(29)20-22-9-13-23(14-10-22)26-7-5-4-6-24(26)19-35)18-28-32(42)38-33(43-28)36-25-15-11-21(12-16-25)17-30(40)41/h4-7,9-16,18H,2-3,8,17,20H2,1H3,(H,40,41)(H,36,38,42). The van der Waals surface area contributed by atoms with Crippen LogP contribution >= 0.6 is 23.4 Å². The van der Waals surface area contributed by atoms with Crippen LogP contribution in [0.1, 0.15) is 48.0 Å². The molecule has 10 heteroatoms. The summed E-state index contributed by atoms with van der Waals surface area (Å²) in [4.78, 5) is 33.0. The Bertz CT molecular complexity index is 1770. The molecule has 0 bridgehead atoms. The minimum absolute atomic E-state index is 0.0602. The molecule has 43 heavy (non-hydrogen) atoms. The molecule has 0 saturated heterocycles. The maximum absolute atomic E-state index is 12.9. The van der Waals surface area contributed by atoms with E-state index in [0.29, 0.717) is 44.3 Å². The van der Waals surface area contributed by atoms with Gasteiger partial charge in [-0.3, -0.25) is 9.59 Å². The highest BCUT2D eigenvalue weighted by Gasteiger charge is 2.24. The summed E-state index contributed by atoms with van der Waals surface area (Å²) in [7, 11) is 0. The first-order chi connectivity index (χ1) is 20.8. The van der Waals surface area contributed by atoms with Gasteiger partial charge in [-0.2, -0.15) is 10.3 Å². The predicted octanol–water partition coefficient (Wildman–Crippen LogP) is 7.18. The van der Waals surface area contributed by atoms with Gasteiger partial charge in [-0.25, -0.2) is 4.98 Å². The number of carbonyl (C=O) groups excluding carboxylic acids is 1. The van der Waals surface area contributed by atoms with Gasteiger partial charge >= 0.3 is 5.97 Å². The Morgan fingerprint density at radius 1 is 1.09 bits per heavy atom. The number of amidine groups is 1. The molecule has 0 fully saturated rings. The van der Waals surface area contributed by atoms with Crippen molar-refractivity contribution in [2.45, 2.75) is 39.2 Å². The molecule has 0 spiro atoms. The second-order valence-corrected chi connectivity index (χ2v) is 11.4. The molecule has 4 aromatic rings. The molecule has 1 aromatic heterocycles. The van der Waals surface area contributed by atoms with Crippen molar-refractivity contribution in [2.75, 3.05) is 5.32 Å². The first-order valence-electron chi connectivity index (χ1n) is 13.8. The van der Waals surface area contributed by atoms with E-state index >= 15 is 0 Å². The summed E-state index contributed by atoms with van der Waals surface area (Å²) >= 11 is 7.86. The van der Waals surface area contributed by atoms with E-state index in [1.54, 1.807) is 30.3 Å². The molecular weight excluding hydrogens is 582 g/mol. The number of unbranched alkanes of at least 4 members (excludes halogenated alkanes) is 1. The van der Waals surface area contributed by atoms with Gasteiger partial charge in [-0.1, -0.05) is 79.5 Å². The Hall–Kier alpha value is -4.65. The van der Waals surface area contributed by atoms with E-state index in [4.69, 9.17) is 16.7 Å². The number of halogens is 1. The second-order valence-electron chi connectivity index (χ2n) is 9.97. The van der Waals surface area contributed by atoms with Gasteiger partial charge in [-0.15, -0.1) is 0 Å². The minimum atomic E-state index is -0.897. The largest absolute Gasteiger partial charge is 0.481 e. The lowest BCUT2D eigenvalue weighted by atomic mass is 9.99. The van der Waals surface area contributed by atoms with Gasteiger partial charge in [0.15, 0.2) is 10.3 Å². The van der Waals surface area contributed by atoms with Crippen LogP contribution in [0.2, 0.25) is 5.15 Å². The summed E-state index contributed by atoms with van der Waals surface area (Å²) in [5, 5.41) is 22.3. The van der Waals surface area contributed by atoms with Crippen molar-refractivity contribution in [2.24, 2.45) is 4.99 Å². The minimum Gasteiger partial charge on any atom is -0.481 e. The van der Waals surface area contributed by atoms with Crippen molar-refractivity contribution in [1.82, 2.24) is 9.55 Å². The summed E-state index contributed by atoms with van der Waals surface area (Å²) in [5.41, 5.74) is 5.50. The van der Waals surface area contributed by atoms with Gasteiger partial charge in [0.25, 0.3) is 5.91 Å². The normalized spacial score (nSPS) is 13.7. The molecule has 2 N–H and O–H groups in total. The Balaban J connectivity index is 1.37. The predicted molar refractivity (Wildman–Crippen MR) is 171 cm³/mol. The van der Waals surface area contributed by atoms with Crippen LogP contribution in [0, 0.1) is 11.3 Å². The number of nitriles is 1. The monoisotopic (exact) mass is 609 g/mol. The Kier molecular flexibility index (Phi) is 9.40. The van der Waals surface area contributed by atoms with Gasteiger partial charge in [0.2, 0.25) is 0 Å². The van der Waals surface area contributed by atoms with Crippen molar-refractivity contribution in [1.29, 1.82) is 5.26 Å². The number of benzene rings is 3. The van der Waals surface area contributed by atoms with Gasteiger partial charge in [-0.05, 0) is 64.7 Å². The van der Waals surface area contributed by atoms with Crippen molar-refractivity contribution in [3.8, 4) is 17.2 Å². The molecule has 0 unspecified atom stereocenters. The highest BCUT2D eigenvalue weighted by Crippen LogP contribution is 2.32. The number of aromatic nitrogens is 2. The Morgan fingerprint density at radius 2 is 1.81 bits per heavy atom. The van der Waals surface area contributed by atoms with E-state index in [1.165, 1.54) is 11.8 Å². The van der Waals surface area contributed by atoms with Crippen LogP contribution in [0.25, 0.3) is 17.2 Å². The molecule has 0 radical (unpaired) electrons. The van der Waals surface area contributed by atoms with E-state index < -0.39 is 5.97 Å². The fourth-order valence-corrected chi connectivity index (χ4v) is 5.78. The van der Waals surface area contributed by atoms with E-state index in [2.05, 4.69) is 28.3 Å². The zero-order valence-corrected chi connectivity index (χ0v) is 25.0. The summed E-state index contributed by atoms with van der Waals surface area (Å²) in [6.07, 6.45) is 4.37. The van der Waals surface area contributed by atoms with Crippen molar-refractivity contribution < 1.29 is 14.7 Å². The molecule has 0 aliphatic carbocycles. The highest BCUT2D eigenvalue weighted by molar-refractivity contribution is 8.18. The number of aliphatic carboxylic acids is 1. The molecule has 216 valence electrons. The zero-order valence-electron chi connectivity index (χ0n) is 23.4. The number of thioether (sulfide) groups is 1. The number of imidazole rings is 1. The van der Waals surface area contributed by atoms with Gasteiger partial charge in [0.05, 0.1) is 28.7 Å². The molecule has 0 atom stereocenters. The lowest BCUT2D eigenvalue weighted by Crippen LogP contribution is -2.08. The lowest BCUT2D eigenvalue weighted by Gasteiger charge is -2.12. The quantitative estimate of drug-likeness (QED) is 0.183. The van der Waals surface area contributed by atoms with Crippen LogP contribution in [0.15, 0.2) is 82.7 Å². The van der Waals surface area contributed by atoms with E-state index in [-0.39, 0.29) is 12.3 Å². The average molecular weight is 610 g/mol. The number of carbonyl (C=O) groups is 2. The number of aryl methyl sites for hydroxylation is 1. The molecular formula is C33H28ClN5O3S. The topological polar surface area (TPSA) is 120 Å². The molecule has 1 aliphatic heterocycles. The summed E-state index contributed by atoms with van der Waals surface area (Å²) < 4.78 is 2.05. The number of carboxylic acid groups (broad SMARTS) is 1.